The van der Waals surface area contributed by atoms with Gasteiger partial charge in [0.25, 0.3) is 0 Å². The summed E-state index contributed by atoms with van der Waals surface area (Å²) in [7, 11) is 0. The van der Waals surface area contributed by atoms with E-state index in [2.05, 4.69) is 12.2 Å². The first-order valence-electron chi connectivity index (χ1n) is 4.34. The minimum absolute atomic E-state index is 0.0233. The number of nitrogens with two attached hydrogens (primary N) is 1. The Kier molecular flexibility index (Phi) is 8.05. The number of rotatable bonds is 8. The summed E-state index contributed by atoms with van der Waals surface area (Å²) in [4.78, 5) is 10.2. The van der Waals surface area contributed by atoms with Gasteiger partial charge in [0, 0.05) is 6.54 Å². The predicted octanol–water partition coefficient (Wildman–Crippen LogP) is -0.122. The van der Waals surface area contributed by atoms with Crippen LogP contribution in [-0.2, 0) is 9.53 Å². The van der Waals surface area contributed by atoms with Crippen molar-refractivity contribution in [1.29, 1.82) is 0 Å². The zero-order valence-corrected chi connectivity index (χ0v) is 7.64. The molecule has 4 nitrogen and oxygen atoms in total. The van der Waals surface area contributed by atoms with Gasteiger partial charge in [0.1, 0.15) is 6.61 Å². The first kappa shape index (κ1) is 11.4. The summed E-state index contributed by atoms with van der Waals surface area (Å²) in [6.45, 7) is 4.51. The van der Waals surface area contributed by atoms with Gasteiger partial charge in [-0.3, -0.25) is 4.79 Å². The molecule has 0 aliphatic heterocycles. The van der Waals surface area contributed by atoms with Crippen LogP contribution >= 0.6 is 0 Å². The second-order valence-corrected chi connectivity index (χ2v) is 2.62. The Labute approximate surface area is 73.5 Å². The molecule has 0 saturated carbocycles. The van der Waals surface area contributed by atoms with Gasteiger partial charge in [-0.15, -0.1) is 0 Å². The van der Waals surface area contributed by atoms with E-state index >= 15 is 0 Å². The van der Waals surface area contributed by atoms with Crippen molar-refractivity contribution < 1.29 is 9.53 Å². The maximum atomic E-state index is 10.2. The van der Waals surface area contributed by atoms with Crippen LogP contribution in [0.15, 0.2) is 0 Å². The maximum Gasteiger partial charge on any atom is 0.243 e. The molecule has 0 saturated heterocycles. The van der Waals surface area contributed by atoms with Crippen LogP contribution in [0.1, 0.15) is 19.8 Å². The first-order valence-corrected chi connectivity index (χ1v) is 4.34. The highest BCUT2D eigenvalue weighted by Crippen LogP contribution is 1.81. The second-order valence-electron chi connectivity index (χ2n) is 2.62. The summed E-state index contributed by atoms with van der Waals surface area (Å²) >= 11 is 0. The van der Waals surface area contributed by atoms with E-state index in [-0.39, 0.29) is 6.61 Å². The van der Waals surface area contributed by atoms with Gasteiger partial charge in [0.15, 0.2) is 0 Å². The predicted molar refractivity (Wildman–Crippen MR) is 47.8 cm³/mol. The number of hydrogen-bond donors (Lipinski definition) is 2. The maximum absolute atomic E-state index is 10.2. The lowest BCUT2D eigenvalue weighted by Crippen LogP contribution is -2.24. The number of nitrogens with one attached hydrogen (secondary N) is 1. The summed E-state index contributed by atoms with van der Waals surface area (Å²) < 4.78 is 4.94. The van der Waals surface area contributed by atoms with Crippen molar-refractivity contribution in [2.24, 2.45) is 5.73 Å². The fourth-order valence-corrected chi connectivity index (χ4v) is 0.744. The Morgan fingerprint density at radius 2 is 2.25 bits per heavy atom. The number of primary amides is 1. The zero-order chi connectivity index (χ0) is 9.23. The molecule has 0 spiro atoms. The van der Waals surface area contributed by atoms with Crippen LogP contribution in [0.2, 0.25) is 0 Å². The highest BCUT2D eigenvalue weighted by atomic mass is 16.5. The van der Waals surface area contributed by atoms with Crippen LogP contribution in [0.5, 0.6) is 0 Å². The van der Waals surface area contributed by atoms with Crippen LogP contribution in [0.25, 0.3) is 0 Å². The normalized spacial score (nSPS) is 10.1. The van der Waals surface area contributed by atoms with E-state index in [4.69, 9.17) is 10.5 Å². The number of amides is 1. The van der Waals surface area contributed by atoms with Crippen molar-refractivity contribution in [2.75, 3.05) is 26.3 Å². The second kappa shape index (κ2) is 8.49. The first-order chi connectivity index (χ1) is 5.77. The number of carbonyl (C=O) groups is 1. The molecule has 72 valence electrons. The summed E-state index contributed by atoms with van der Waals surface area (Å²) in [6.07, 6.45) is 2.37. The van der Waals surface area contributed by atoms with E-state index in [1.54, 1.807) is 0 Å². The number of hydrogen-bond acceptors (Lipinski definition) is 3. The molecular weight excluding hydrogens is 156 g/mol. The van der Waals surface area contributed by atoms with Gasteiger partial charge in [0.05, 0.1) is 6.61 Å². The third-order valence-electron chi connectivity index (χ3n) is 1.37. The molecule has 0 fully saturated rings. The van der Waals surface area contributed by atoms with Crippen molar-refractivity contribution in [1.82, 2.24) is 5.32 Å². The van der Waals surface area contributed by atoms with Crippen molar-refractivity contribution in [3.63, 3.8) is 0 Å². The molecule has 0 heterocycles. The van der Waals surface area contributed by atoms with E-state index in [0.717, 1.165) is 13.1 Å². The Hall–Kier alpha value is -0.610. The van der Waals surface area contributed by atoms with Gasteiger partial charge < -0.3 is 15.8 Å². The van der Waals surface area contributed by atoms with Crippen LogP contribution in [0.3, 0.4) is 0 Å². The zero-order valence-electron chi connectivity index (χ0n) is 7.64. The van der Waals surface area contributed by atoms with Gasteiger partial charge in [-0.05, 0) is 13.0 Å². The number of unbranched alkanes of at least 4 members (excludes halogenated alkanes) is 1. The lowest BCUT2D eigenvalue weighted by Gasteiger charge is -2.03. The lowest BCUT2D eigenvalue weighted by molar-refractivity contribution is -0.122. The van der Waals surface area contributed by atoms with Gasteiger partial charge in [0.2, 0.25) is 5.91 Å². The van der Waals surface area contributed by atoms with E-state index in [9.17, 15) is 4.79 Å². The monoisotopic (exact) mass is 174 g/mol. The molecule has 12 heavy (non-hydrogen) atoms. The van der Waals surface area contributed by atoms with E-state index in [1.807, 2.05) is 0 Å². The van der Waals surface area contributed by atoms with Crippen molar-refractivity contribution in [3.8, 4) is 0 Å². The number of carbonyl (C=O) groups excluding carboxylic acids is 1. The molecule has 3 N–H and O–H groups in total. The molecule has 0 bridgehead atoms. The Morgan fingerprint density at radius 3 is 2.83 bits per heavy atom. The third kappa shape index (κ3) is 9.39. The summed E-state index contributed by atoms with van der Waals surface area (Å²) in [5.74, 6) is -0.413. The average molecular weight is 174 g/mol. The molecule has 4 heteroatoms. The number of ether oxygens (including phenoxy) is 1. The van der Waals surface area contributed by atoms with Gasteiger partial charge in [-0.2, -0.15) is 0 Å². The highest BCUT2D eigenvalue weighted by molar-refractivity contribution is 5.74. The van der Waals surface area contributed by atoms with E-state index in [0.29, 0.717) is 6.61 Å². The smallest absolute Gasteiger partial charge is 0.243 e. The molecule has 0 unspecified atom stereocenters. The fourth-order valence-electron chi connectivity index (χ4n) is 0.744. The molecular formula is C8H18N2O2. The lowest BCUT2D eigenvalue weighted by atomic mass is 10.3. The Balaban J connectivity index is 2.86. The van der Waals surface area contributed by atoms with Crippen molar-refractivity contribution in [2.45, 2.75) is 19.8 Å². The van der Waals surface area contributed by atoms with Crippen LogP contribution in [-0.4, -0.2) is 32.2 Å². The summed E-state index contributed by atoms with van der Waals surface area (Å²) in [5, 5.41) is 3.18. The highest BCUT2D eigenvalue weighted by Gasteiger charge is 1.92. The molecule has 0 aromatic heterocycles. The molecule has 0 aliphatic rings. The minimum Gasteiger partial charge on any atom is -0.370 e. The van der Waals surface area contributed by atoms with E-state index < -0.39 is 5.91 Å². The molecule has 0 atom stereocenters. The van der Waals surface area contributed by atoms with Crippen LogP contribution in [0.4, 0.5) is 0 Å². The molecule has 1 amide bonds. The average Bonchev–Trinajstić information content (AvgIpc) is 2.02. The van der Waals surface area contributed by atoms with Crippen LogP contribution < -0.4 is 11.1 Å². The van der Waals surface area contributed by atoms with Crippen molar-refractivity contribution >= 4 is 5.91 Å². The fraction of sp³-hybridized carbons (Fsp3) is 0.875. The summed E-state index contributed by atoms with van der Waals surface area (Å²) in [6, 6.07) is 0. The Morgan fingerprint density at radius 1 is 1.50 bits per heavy atom. The third-order valence-corrected chi connectivity index (χ3v) is 1.37. The standard InChI is InChI=1S/C8H18N2O2/c1-2-3-4-10-5-6-12-7-8(9)11/h10H,2-7H2,1H3,(H2,9,11). The summed E-state index contributed by atoms with van der Waals surface area (Å²) in [5.41, 5.74) is 4.87. The minimum atomic E-state index is -0.413. The Bertz CT molecular complexity index is 118. The van der Waals surface area contributed by atoms with Crippen LogP contribution in [0, 0.1) is 0 Å². The molecule has 0 radical (unpaired) electrons. The van der Waals surface area contributed by atoms with Gasteiger partial charge >= 0.3 is 0 Å². The largest absolute Gasteiger partial charge is 0.370 e. The molecule has 0 aromatic rings. The SMILES string of the molecule is CCCCNCCOCC(N)=O. The molecule has 0 rings (SSSR count). The van der Waals surface area contributed by atoms with Gasteiger partial charge in [-0.25, -0.2) is 0 Å². The topological polar surface area (TPSA) is 64.3 Å². The van der Waals surface area contributed by atoms with Gasteiger partial charge in [-0.1, -0.05) is 13.3 Å². The quantitative estimate of drug-likeness (QED) is 0.504. The molecule has 0 aromatic carbocycles. The van der Waals surface area contributed by atoms with E-state index in [1.165, 1.54) is 12.8 Å². The van der Waals surface area contributed by atoms with Crippen molar-refractivity contribution in [3.05, 3.63) is 0 Å². The molecule has 0 aliphatic carbocycles.